The average Bonchev–Trinajstić information content (AvgIpc) is 2.81. The van der Waals surface area contributed by atoms with Crippen molar-refractivity contribution in [2.75, 3.05) is 18.9 Å². The maximum absolute atomic E-state index is 12.2. The van der Waals surface area contributed by atoms with Gasteiger partial charge in [0.15, 0.2) is 0 Å². The molecule has 2 N–H and O–H groups in total. The molecular formula is C19H26N4O3. The third-order valence-electron chi connectivity index (χ3n) is 4.31. The van der Waals surface area contributed by atoms with E-state index in [9.17, 15) is 4.79 Å². The molecule has 7 nitrogen and oxygen atoms in total. The Kier molecular flexibility index (Phi) is 4.80. The van der Waals surface area contributed by atoms with Crippen LogP contribution in [0.2, 0.25) is 0 Å². The van der Waals surface area contributed by atoms with E-state index in [1.807, 2.05) is 58.0 Å². The molecule has 1 aromatic heterocycles. The number of anilines is 1. The van der Waals surface area contributed by atoms with Crippen LogP contribution in [0, 0.1) is 6.92 Å². The van der Waals surface area contributed by atoms with E-state index in [1.54, 1.807) is 9.58 Å². The summed E-state index contributed by atoms with van der Waals surface area (Å²) in [6.07, 6.45) is 0.580. The van der Waals surface area contributed by atoms with Gasteiger partial charge in [0.2, 0.25) is 5.88 Å². The Labute approximate surface area is 153 Å². The van der Waals surface area contributed by atoms with Gasteiger partial charge in [-0.25, -0.2) is 9.48 Å². The molecule has 7 heteroatoms. The average molecular weight is 358 g/mol. The molecule has 140 valence electrons. The molecule has 1 amide bonds. The lowest BCUT2D eigenvalue weighted by Gasteiger charge is -2.40. The van der Waals surface area contributed by atoms with Crippen LogP contribution in [0.25, 0.3) is 5.69 Å². The highest BCUT2D eigenvalue weighted by Gasteiger charge is 2.36. The van der Waals surface area contributed by atoms with Gasteiger partial charge in [0.1, 0.15) is 18.0 Å². The minimum absolute atomic E-state index is 0.00708. The van der Waals surface area contributed by atoms with Crippen LogP contribution in [0.15, 0.2) is 30.3 Å². The molecule has 2 aromatic rings. The zero-order valence-corrected chi connectivity index (χ0v) is 15.7. The SMILES string of the molecule is Cc1c(OC[C@@H]2CCN2C(=O)OC(C)(C)C)nn(-c2ccccc2)c1N. The van der Waals surface area contributed by atoms with E-state index in [0.717, 1.165) is 17.7 Å². The summed E-state index contributed by atoms with van der Waals surface area (Å²) < 4.78 is 13.0. The molecule has 1 aromatic carbocycles. The first kappa shape index (κ1) is 18.1. The first-order chi connectivity index (χ1) is 12.3. The van der Waals surface area contributed by atoms with Crippen LogP contribution in [0.4, 0.5) is 10.6 Å². The number of carbonyl (C=O) groups excluding carboxylic acids is 1. The molecule has 1 aliphatic heterocycles. The van der Waals surface area contributed by atoms with Crippen molar-refractivity contribution in [3.8, 4) is 11.6 Å². The normalized spacial score (nSPS) is 16.9. The van der Waals surface area contributed by atoms with Crippen molar-refractivity contribution in [1.82, 2.24) is 14.7 Å². The monoisotopic (exact) mass is 358 g/mol. The lowest BCUT2D eigenvalue weighted by atomic mass is 10.1. The Bertz CT molecular complexity index is 780. The summed E-state index contributed by atoms with van der Waals surface area (Å²) in [4.78, 5) is 13.9. The summed E-state index contributed by atoms with van der Waals surface area (Å²) in [7, 11) is 0. The van der Waals surface area contributed by atoms with E-state index in [-0.39, 0.29) is 12.1 Å². The third-order valence-corrected chi connectivity index (χ3v) is 4.31. The topological polar surface area (TPSA) is 82.6 Å². The molecular weight excluding hydrogens is 332 g/mol. The zero-order valence-electron chi connectivity index (χ0n) is 15.7. The fourth-order valence-corrected chi connectivity index (χ4v) is 2.74. The van der Waals surface area contributed by atoms with E-state index >= 15 is 0 Å². The van der Waals surface area contributed by atoms with Gasteiger partial charge < -0.3 is 20.1 Å². The quantitative estimate of drug-likeness (QED) is 0.908. The minimum atomic E-state index is -0.502. The molecule has 1 aliphatic rings. The second kappa shape index (κ2) is 6.90. The number of hydrogen-bond acceptors (Lipinski definition) is 5. The number of ether oxygens (including phenoxy) is 2. The molecule has 0 aliphatic carbocycles. The van der Waals surface area contributed by atoms with Crippen LogP contribution in [0.3, 0.4) is 0 Å². The predicted molar refractivity (Wildman–Crippen MR) is 99.6 cm³/mol. The molecule has 1 atom stereocenters. The number of benzene rings is 1. The number of amides is 1. The van der Waals surface area contributed by atoms with Crippen LogP contribution in [0.1, 0.15) is 32.8 Å². The number of likely N-dealkylation sites (tertiary alicyclic amines) is 1. The maximum Gasteiger partial charge on any atom is 0.410 e. The first-order valence-corrected chi connectivity index (χ1v) is 8.79. The van der Waals surface area contributed by atoms with Crippen LogP contribution in [-0.4, -0.2) is 45.6 Å². The van der Waals surface area contributed by atoms with Crippen LogP contribution >= 0.6 is 0 Å². The third kappa shape index (κ3) is 3.76. The van der Waals surface area contributed by atoms with E-state index in [4.69, 9.17) is 15.2 Å². The number of carbonyl (C=O) groups is 1. The summed E-state index contributed by atoms with van der Waals surface area (Å²) in [5.41, 5.74) is 7.33. The zero-order chi connectivity index (χ0) is 18.9. The van der Waals surface area contributed by atoms with Crippen molar-refractivity contribution in [1.29, 1.82) is 0 Å². The maximum atomic E-state index is 12.2. The number of rotatable bonds is 4. The van der Waals surface area contributed by atoms with Gasteiger partial charge in [-0.05, 0) is 46.2 Å². The highest BCUT2D eigenvalue weighted by Crippen LogP contribution is 2.27. The standard InChI is InChI=1S/C19H26N4O3/c1-13-16(20)23(14-8-6-5-7-9-14)21-17(13)25-12-15-10-11-22(15)18(24)26-19(2,3)4/h5-9,15H,10-12,20H2,1-4H3/t15-/m0/s1. The van der Waals surface area contributed by atoms with E-state index < -0.39 is 5.60 Å². The van der Waals surface area contributed by atoms with E-state index in [0.29, 0.717) is 24.8 Å². The van der Waals surface area contributed by atoms with Gasteiger partial charge >= 0.3 is 6.09 Å². The molecule has 0 radical (unpaired) electrons. The largest absolute Gasteiger partial charge is 0.474 e. The second-order valence-electron chi connectivity index (χ2n) is 7.49. The summed E-state index contributed by atoms with van der Waals surface area (Å²) in [6.45, 7) is 8.51. The van der Waals surface area contributed by atoms with Gasteiger partial charge in [-0.1, -0.05) is 18.2 Å². The van der Waals surface area contributed by atoms with Crippen molar-refractivity contribution < 1.29 is 14.3 Å². The smallest absolute Gasteiger partial charge is 0.410 e. The molecule has 1 fully saturated rings. The van der Waals surface area contributed by atoms with Gasteiger partial charge in [0.05, 0.1) is 17.3 Å². The van der Waals surface area contributed by atoms with Gasteiger partial charge in [0, 0.05) is 6.54 Å². The minimum Gasteiger partial charge on any atom is -0.474 e. The fourth-order valence-electron chi connectivity index (χ4n) is 2.74. The van der Waals surface area contributed by atoms with Crippen molar-refractivity contribution >= 4 is 11.9 Å². The Morgan fingerprint density at radius 2 is 2.00 bits per heavy atom. The fraction of sp³-hybridized carbons (Fsp3) is 0.474. The number of nitrogen functional groups attached to an aromatic ring is 1. The van der Waals surface area contributed by atoms with Gasteiger partial charge in [-0.3, -0.25) is 0 Å². The Morgan fingerprint density at radius 3 is 2.58 bits per heavy atom. The molecule has 0 unspecified atom stereocenters. The summed E-state index contributed by atoms with van der Waals surface area (Å²) >= 11 is 0. The van der Waals surface area contributed by atoms with Crippen molar-refractivity contribution in [2.45, 2.75) is 45.8 Å². The molecule has 1 saturated heterocycles. The van der Waals surface area contributed by atoms with Crippen molar-refractivity contribution in [3.63, 3.8) is 0 Å². The molecule has 0 bridgehead atoms. The van der Waals surface area contributed by atoms with Gasteiger partial charge in [-0.2, -0.15) is 0 Å². The van der Waals surface area contributed by atoms with E-state index in [2.05, 4.69) is 5.10 Å². The van der Waals surface area contributed by atoms with Crippen LogP contribution in [-0.2, 0) is 4.74 Å². The lowest BCUT2D eigenvalue weighted by molar-refractivity contribution is -0.0145. The molecule has 0 saturated carbocycles. The number of aromatic nitrogens is 2. The Hall–Kier alpha value is -2.70. The van der Waals surface area contributed by atoms with Crippen LogP contribution in [0.5, 0.6) is 5.88 Å². The van der Waals surface area contributed by atoms with E-state index in [1.165, 1.54) is 0 Å². The van der Waals surface area contributed by atoms with Gasteiger partial charge in [-0.15, -0.1) is 5.10 Å². The molecule has 2 heterocycles. The number of nitrogens with two attached hydrogens (primary N) is 1. The first-order valence-electron chi connectivity index (χ1n) is 8.79. The number of para-hydroxylation sites is 1. The molecule has 0 spiro atoms. The predicted octanol–water partition coefficient (Wildman–Crippen LogP) is 3.15. The summed E-state index contributed by atoms with van der Waals surface area (Å²) in [6, 6.07) is 9.66. The van der Waals surface area contributed by atoms with Gasteiger partial charge in [0.25, 0.3) is 0 Å². The highest BCUT2D eigenvalue weighted by molar-refractivity contribution is 5.69. The Morgan fingerprint density at radius 1 is 1.31 bits per heavy atom. The second-order valence-corrected chi connectivity index (χ2v) is 7.49. The van der Waals surface area contributed by atoms with Crippen molar-refractivity contribution in [3.05, 3.63) is 35.9 Å². The summed E-state index contributed by atoms with van der Waals surface area (Å²) in [5, 5.41) is 4.47. The lowest BCUT2D eigenvalue weighted by Crippen LogP contribution is -2.55. The Balaban J connectivity index is 1.65. The number of nitrogens with zero attached hydrogens (tertiary/aromatic N) is 3. The number of hydrogen-bond donors (Lipinski definition) is 1. The summed E-state index contributed by atoms with van der Waals surface area (Å²) in [5.74, 6) is 1.03. The molecule has 3 rings (SSSR count). The van der Waals surface area contributed by atoms with Crippen molar-refractivity contribution in [2.24, 2.45) is 0 Å². The molecule has 26 heavy (non-hydrogen) atoms. The van der Waals surface area contributed by atoms with Crippen LogP contribution < -0.4 is 10.5 Å². The highest BCUT2D eigenvalue weighted by atomic mass is 16.6.